The molecule has 7 nitrogen and oxygen atoms in total. The smallest absolute Gasteiger partial charge is 0.408 e. The number of primary amides is 1. The van der Waals surface area contributed by atoms with Gasteiger partial charge in [-0.25, -0.2) is 4.79 Å². The van der Waals surface area contributed by atoms with E-state index in [1.54, 1.807) is 34.6 Å². The van der Waals surface area contributed by atoms with Crippen molar-refractivity contribution in [3.05, 3.63) is 35.9 Å². The van der Waals surface area contributed by atoms with Crippen LogP contribution < -0.4 is 16.4 Å². The zero-order valence-electron chi connectivity index (χ0n) is 16.0. The summed E-state index contributed by atoms with van der Waals surface area (Å²) in [6, 6.07) is 7.53. The van der Waals surface area contributed by atoms with Crippen LogP contribution >= 0.6 is 0 Å². The summed E-state index contributed by atoms with van der Waals surface area (Å²) in [6.45, 7) is 8.79. The molecule has 0 aliphatic heterocycles. The predicted molar refractivity (Wildman–Crippen MR) is 99.3 cm³/mol. The first-order valence-electron chi connectivity index (χ1n) is 8.62. The third-order valence-corrected chi connectivity index (χ3v) is 3.56. The topological polar surface area (TPSA) is 111 Å². The molecule has 0 saturated carbocycles. The molecule has 0 saturated heterocycles. The van der Waals surface area contributed by atoms with Gasteiger partial charge in [0.05, 0.1) is 0 Å². The van der Waals surface area contributed by atoms with Crippen LogP contribution in [0.5, 0.6) is 0 Å². The number of amides is 3. The molecule has 26 heavy (non-hydrogen) atoms. The van der Waals surface area contributed by atoms with Crippen molar-refractivity contribution in [1.82, 2.24) is 10.6 Å². The third-order valence-electron chi connectivity index (χ3n) is 3.56. The first kappa shape index (κ1) is 21.5. The van der Waals surface area contributed by atoms with Crippen LogP contribution in [0.1, 0.15) is 40.2 Å². The molecule has 0 aliphatic carbocycles. The van der Waals surface area contributed by atoms with Crippen LogP contribution in [-0.4, -0.2) is 35.6 Å². The summed E-state index contributed by atoms with van der Waals surface area (Å²) in [5.41, 5.74) is 5.63. The number of rotatable bonds is 7. The fourth-order valence-corrected chi connectivity index (χ4v) is 2.30. The Labute approximate surface area is 154 Å². The number of nitrogens with two attached hydrogens (primary N) is 1. The average molecular weight is 363 g/mol. The van der Waals surface area contributed by atoms with Gasteiger partial charge in [-0.2, -0.15) is 0 Å². The van der Waals surface area contributed by atoms with Crippen molar-refractivity contribution in [1.29, 1.82) is 0 Å². The van der Waals surface area contributed by atoms with Crippen molar-refractivity contribution < 1.29 is 19.1 Å². The highest BCUT2D eigenvalue weighted by atomic mass is 16.6. The number of alkyl carbamates (subject to hydrolysis) is 1. The van der Waals surface area contributed by atoms with Crippen LogP contribution in [0.15, 0.2) is 30.3 Å². The van der Waals surface area contributed by atoms with E-state index in [4.69, 9.17) is 10.5 Å². The molecule has 7 heteroatoms. The zero-order valence-corrected chi connectivity index (χ0v) is 16.0. The largest absolute Gasteiger partial charge is 0.444 e. The van der Waals surface area contributed by atoms with E-state index in [1.807, 2.05) is 30.3 Å². The van der Waals surface area contributed by atoms with Crippen molar-refractivity contribution in [3.63, 3.8) is 0 Å². The lowest BCUT2D eigenvalue weighted by molar-refractivity contribution is -0.129. The summed E-state index contributed by atoms with van der Waals surface area (Å²) in [5.74, 6) is -1.32. The molecule has 0 aromatic heterocycles. The molecule has 0 fully saturated rings. The Bertz CT molecular complexity index is 623. The van der Waals surface area contributed by atoms with Crippen LogP contribution in [0.3, 0.4) is 0 Å². The maximum Gasteiger partial charge on any atom is 0.408 e. The maximum atomic E-state index is 12.6. The van der Waals surface area contributed by atoms with Crippen LogP contribution in [0.4, 0.5) is 4.79 Å². The second-order valence-corrected chi connectivity index (χ2v) is 7.52. The monoisotopic (exact) mass is 363 g/mol. The van der Waals surface area contributed by atoms with Crippen molar-refractivity contribution in [3.8, 4) is 0 Å². The Morgan fingerprint density at radius 3 is 2.12 bits per heavy atom. The third kappa shape index (κ3) is 7.55. The molecular weight excluding hydrogens is 334 g/mol. The molecule has 144 valence electrons. The summed E-state index contributed by atoms with van der Waals surface area (Å²) < 4.78 is 5.19. The molecule has 4 N–H and O–H groups in total. The van der Waals surface area contributed by atoms with Crippen molar-refractivity contribution in [2.45, 2.75) is 58.7 Å². The van der Waals surface area contributed by atoms with Gasteiger partial charge in [0.2, 0.25) is 11.8 Å². The molecule has 1 aromatic rings. The van der Waals surface area contributed by atoms with Gasteiger partial charge in [0.1, 0.15) is 17.7 Å². The van der Waals surface area contributed by atoms with Gasteiger partial charge in [-0.1, -0.05) is 44.2 Å². The standard InChI is InChI=1S/C19H29N3O4/c1-12(2)15(22-18(25)26-19(3,4)5)17(24)21-14(16(20)23)11-13-9-7-6-8-10-13/h6-10,12,14-15H,11H2,1-5H3,(H2,20,23)(H,21,24)(H,22,25). The van der Waals surface area contributed by atoms with Crippen molar-refractivity contribution in [2.75, 3.05) is 0 Å². The highest BCUT2D eigenvalue weighted by molar-refractivity contribution is 5.91. The van der Waals surface area contributed by atoms with Gasteiger partial charge in [-0.15, -0.1) is 0 Å². The van der Waals surface area contributed by atoms with E-state index in [9.17, 15) is 14.4 Å². The van der Waals surface area contributed by atoms with Crippen LogP contribution in [0, 0.1) is 5.92 Å². The Balaban J connectivity index is 2.80. The molecule has 0 spiro atoms. The fourth-order valence-electron chi connectivity index (χ4n) is 2.30. The molecule has 0 bridgehead atoms. The van der Waals surface area contributed by atoms with Gasteiger partial charge in [0.25, 0.3) is 0 Å². The summed E-state index contributed by atoms with van der Waals surface area (Å²) in [7, 11) is 0. The molecule has 0 heterocycles. The van der Waals surface area contributed by atoms with E-state index in [0.717, 1.165) is 5.56 Å². The van der Waals surface area contributed by atoms with Gasteiger partial charge in [0.15, 0.2) is 0 Å². The molecule has 3 amide bonds. The first-order chi connectivity index (χ1) is 12.0. The number of hydrogen-bond acceptors (Lipinski definition) is 4. The SMILES string of the molecule is CC(C)C(NC(=O)OC(C)(C)C)C(=O)NC(Cc1ccccc1)C(N)=O. The summed E-state index contributed by atoms with van der Waals surface area (Å²) in [6.07, 6.45) is -0.413. The minimum absolute atomic E-state index is 0.201. The fraction of sp³-hybridized carbons (Fsp3) is 0.526. The maximum absolute atomic E-state index is 12.6. The summed E-state index contributed by atoms with van der Waals surface area (Å²) >= 11 is 0. The van der Waals surface area contributed by atoms with E-state index in [2.05, 4.69) is 10.6 Å². The highest BCUT2D eigenvalue weighted by Gasteiger charge is 2.29. The predicted octanol–water partition coefficient (Wildman–Crippen LogP) is 1.75. The van der Waals surface area contributed by atoms with Crippen LogP contribution in [-0.2, 0) is 20.7 Å². The lowest BCUT2D eigenvalue weighted by Crippen LogP contribution is -2.55. The first-order valence-corrected chi connectivity index (χ1v) is 8.62. The molecule has 1 aromatic carbocycles. The van der Waals surface area contributed by atoms with Gasteiger partial charge < -0.3 is 21.1 Å². The zero-order chi connectivity index (χ0) is 19.9. The number of hydrogen-bond donors (Lipinski definition) is 3. The number of carbonyl (C=O) groups excluding carboxylic acids is 3. The Kier molecular flexibility index (Phi) is 7.61. The molecule has 2 unspecified atom stereocenters. The van der Waals surface area contributed by atoms with E-state index < -0.39 is 35.6 Å². The Hall–Kier alpha value is -2.57. The van der Waals surface area contributed by atoms with Crippen molar-refractivity contribution >= 4 is 17.9 Å². The highest BCUT2D eigenvalue weighted by Crippen LogP contribution is 2.10. The van der Waals surface area contributed by atoms with E-state index >= 15 is 0 Å². The van der Waals surface area contributed by atoms with E-state index in [0.29, 0.717) is 0 Å². The van der Waals surface area contributed by atoms with E-state index in [1.165, 1.54) is 0 Å². The lowest BCUT2D eigenvalue weighted by Gasteiger charge is -2.26. The Morgan fingerprint density at radius 2 is 1.65 bits per heavy atom. The minimum atomic E-state index is -0.869. The molecule has 0 aliphatic rings. The lowest BCUT2D eigenvalue weighted by atomic mass is 10.0. The van der Waals surface area contributed by atoms with E-state index in [-0.39, 0.29) is 12.3 Å². The number of benzene rings is 1. The second-order valence-electron chi connectivity index (χ2n) is 7.52. The summed E-state index contributed by atoms with van der Waals surface area (Å²) in [4.78, 5) is 36.3. The number of ether oxygens (including phenoxy) is 1. The van der Waals surface area contributed by atoms with Crippen molar-refractivity contribution in [2.24, 2.45) is 11.7 Å². The minimum Gasteiger partial charge on any atom is -0.444 e. The second kappa shape index (κ2) is 9.22. The molecule has 1 rings (SSSR count). The van der Waals surface area contributed by atoms with Gasteiger partial charge in [0, 0.05) is 6.42 Å². The van der Waals surface area contributed by atoms with Gasteiger partial charge in [-0.3, -0.25) is 9.59 Å². The molecule has 0 radical (unpaired) electrons. The van der Waals surface area contributed by atoms with Crippen LogP contribution in [0.25, 0.3) is 0 Å². The average Bonchev–Trinajstić information content (AvgIpc) is 2.50. The van der Waals surface area contributed by atoms with Crippen LogP contribution in [0.2, 0.25) is 0 Å². The summed E-state index contributed by atoms with van der Waals surface area (Å²) in [5, 5.41) is 5.19. The van der Waals surface area contributed by atoms with Gasteiger partial charge in [-0.05, 0) is 32.3 Å². The molecular formula is C19H29N3O4. The molecule has 2 atom stereocenters. The van der Waals surface area contributed by atoms with Gasteiger partial charge >= 0.3 is 6.09 Å². The quantitative estimate of drug-likeness (QED) is 0.685. The number of nitrogens with one attached hydrogen (secondary N) is 2. The number of carbonyl (C=O) groups is 3. The Morgan fingerprint density at radius 1 is 1.08 bits per heavy atom. The normalized spacial score (nSPS) is 13.6.